The molecular weight excluding hydrogens is 238 g/mol. The first-order chi connectivity index (χ1) is 9.04. The third-order valence-corrected chi connectivity index (χ3v) is 2.80. The van der Waals surface area contributed by atoms with Crippen LogP contribution in [0.3, 0.4) is 0 Å². The standard InChI is InChI=1S/C15H21N3O/c1-5-10-16-11-15(19)18(4)12-13-6-8-14(9-7-13)17(2)3/h1,6-9,16H,10-12H2,2-4H3. The lowest BCUT2D eigenvalue weighted by molar-refractivity contribution is -0.129. The van der Waals surface area contributed by atoms with E-state index in [9.17, 15) is 4.79 Å². The molecule has 0 saturated carbocycles. The fourth-order valence-corrected chi connectivity index (χ4v) is 1.64. The van der Waals surface area contributed by atoms with Gasteiger partial charge in [0.15, 0.2) is 0 Å². The molecule has 0 saturated heterocycles. The number of benzene rings is 1. The van der Waals surface area contributed by atoms with Gasteiger partial charge in [-0.1, -0.05) is 18.1 Å². The minimum Gasteiger partial charge on any atom is -0.378 e. The number of anilines is 1. The van der Waals surface area contributed by atoms with Crippen LogP contribution in [0, 0.1) is 12.3 Å². The highest BCUT2D eigenvalue weighted by Gasteiger charge is 2.08. The van der Waals surface area contributed by atoms with Crippen molar-refractivity contribution in [2.45, 2.75) is 6.54 Å². The number of nitrogens with one attached hydrogen (secondary N) is 1. The van der Waals surface area contributed by atoms with Crippen molar-refractivity contribution in [2.75, 3.05) is 39.1 Å². The number of hydrogen-bond donors (Lipinski definition) is 1. The Morgan fingerprint density at radius 1 is 1.26 bits per heavy atom. The molecule has 1 N–H and O–H groups in total. The van der Waals surface area contributed by atoms with E-state index in [1.165, 1.54) is 0 Å². The van der Waals surface area contributed by atoms with Gasteiger partial charge in [0, 0.05) is 33.4 Å². The van der Waals surface area contributed by atoms with E-state index in [-0.39, 0.29) is 12.5 Å². The molecule has 0 aliphatic rings. The van der Waals surface area contributed by atoms with Crippen LogP contribution < -0.4 is 10.2 Å². The number of amides is 1. The lowest BCUT2D eigenvalue weighted by Gasteiger charge is -2.18. The van der Waals surface area contributed by atoms with Gasteiger partial charge in [0.2, 0.25) is 5.91 Å². The van der Waals surface area contributed by atoms with E-state index >= 15 is 0 Å². The molecule has 19 heavy (non-hydrogen) atoms. The highest BCUT2D eigenvalue weighted by molar-refractivity contribution is 5.78. The molecule has 1 rings (SSSR count). The number of likely N-dealkylation sites (N-methyl/N-ethyl adjacent to an activating group) is 1. The van der Waals surface area contributed by atoms with Gasteiger partial charge in [-0.2, -0.15) is 0 Å². The first kappa shape index (κ1) is 15.1. The van der Waals surface area contributed by atoms with Crippen LogP contribution in [-0.2, 0) is 11.3 Å². The molecule has 0 bridgehead atoms. The SMILES string of the molecule is C#CCNCC(=O)N(C)Cc1ccc(N(C)C)cc1. The zero-order valence-electron chi connectivity index (χ0n) is 11.8. The summed E-state index contributed by atoms with van der Waals surface area (Å²) >= 11 is 0. The lowest BCUT2D eigenvalue weighted by atomic mass is 10.2. The van der Waals surface area contributed by atoms with Crippen LogP contribution in [0.4, 0.5) is 5.69 Å². The second kappa shape index (κ2) is 7.45. The maximum Gasteiger partial charge on any atom is 0.236 e. The fraction of sp³-hybridized carbons (Fsp3) is 0.400. The predicted molar refractivity (Wildman–Crippen MR) is 78.9 cm³/mol. The normalized spacial score (nSPS) is 9.79. The molecule has 0 unspecified atom stereocenters. The Labute approximate surface area is 115 Å². The van der Waals surface area contributed by atoms with Crippen molar-refractivity contribution in [3.8, 4) is 12.3 Å². The maximum atomic E-state index is 11.8. The summed E-state index contributed by atoms with van der Waals surface area (Å²) in [5.41, 5.74) is 2.26. The number of terminal acetylenes is 1. The average Bonchev–Trinajstić information content (AvgIpc) is 2.39. The monoisotopic (exact) mass is 259 g/mol. The molecule has 0 atom stereocenters. The molecule has 4 heteroatoms. The predicted octanol–water partition coefficient (Wildman–Crippen LogP) is 0.934. The van der Waals surface area contributed by atoms with Crippen molar-refractivity contribution in [3.63, 3.8) is 0 Å². The molecule has 0 aliphatic heterocycles. The molecule has 1 aromatic rings. The Balaban J connectivity index is 2.49. The van der Waals surface area contributed by atoms with Crippen molar-refractivity contribution >= 4 is 11.6 Å². The van der Waals surface area contributed by atoms with E-state index in [1.807, 2.05) is 43.3 Å². The summed E-state index contributed by atoms with van der Waals surface area (Å²) in [5.74, 6) is 2.48. The minimum absolute atomic E-state index is 0.0342. The second-order valence-electron chi connectivity index (χ2n) is 4.62. The quantitative estimate of drug-likeness (QED) is 0.610. The van der Waals surface area contributed by atoms with Crippen molar-refractivity contribution in [1.82, 2.24) is 10.2 Å². The summed E-state index contributed by atoms with van der Waals surface area (Å²) in [4.78, 5) is 15.5. The third kappa shape index (κ3) is 5.02. The number of hydrogen-bond acceptors (Lipinski definition) is 3. The Hall–Kier alpha value is -1.99. The number of carbonyl (C=O) groups excluding carboxylic acids is 1. The highest BCUT2D eigenvalue weighted by atomic mass is 16.2. The number of nitrogens with zero attached hydrogens (tertiary/aromatic N) is 2. The molecular formula is C15H21N3O. The van der Waals surface area contributed by atoms with Gasteiger partial charge in [0.25, 0.3) is 0 Å². The lowest BCUT2D eigenvalue weighted by Crippen LogP contribution is -2.35. The second-order valence-corrected chi connectivity index (χ2v) is 4.62. The summed E-state index contributed by atoms with van der Waals surface area (Å²) in [7, 11) is 5.79. The zero-order chi connectivity index (χ0) is 14.3. The zero-order valence-corrected chi connectivity index (χ0v) is 11.8. The molecule has 0 spiro atoms. The first-order valence-electron chi connectivity index (χ1n) is 6.19. The van der Waals surface area contributed by atoms with Crippen molar-refractivity contribution in [2.24, 2.45) is 0 Å². The van der Waals surface area contributed by atoms with Gasteiger partial charge in [-0.05, 0) is 17.7 Å². The van der Waals surface area contributed by atoms with Gasteiger partial charge in [0.05, 0.1) is 13.1 Å². The van der Waals surface area contributed by atoms with E-state index < -0.39 is 0 Å². The van der Waals surface area contributed by atoms with Crippen molar-refractivity contribution in [3.05, 3.63) is 29.8 Å². The molecule has 0 heterocycles. The Morgan fingerprint density at radius 2 is 1.89 bits per heavy atom. The average molecular weight is 259 g/mol. The topological polar surface area (TPSA) is 35.6 Å². The fourth-order valence-electron chi connectivity index (χ4n) is 1.64. The largest absolute Gasteiger partial charge is 0.378 e. The van der Waals surface area contributed by atoms with Crippen LogP contribution in [0.5, 0.6) is 0 Å². The molecule has 0 fully saturated rings. The summed E-state index contributed by atoms with van der Waals surface area (Å²) in [6.45, 7) is 1.29. The van der Waals surface area contributed by atoms with Crippen LogP contribution in [0.15, 0.2) is 24.3 Å². The Morgan fingerprint density at radius 3 is 2.42 bits per heavy atom. The number of rotatable bonds is 6. The Kier molecular flexibility index (Phi) is 5.91. The molecule has 1 aromatic carbocycles. The number of carbonyl (C=O) groups is 1. The van der Waals surface area contributed by atoms with E-state index in [1.54, 1.807) is 11.9 Å². The molecule has 102 valence electrons. The maximum absolute atomic E-state index is 11.8. The first-order valence-corrected chi connectivity index (χ1v) is 6.19. The van der Waals surface area contributed by atoms with Crippen LogP contribution in [0.25, 0.3) is 0 Å². The van der Waals surface area contributed by atoms with Gasteiger partial charge in [-0.3, -0.25) is 10.1 Å². The van der Waals surface area contributed by atoms with Gasteiger partial charge < -0.3 is 9.80 Å². The van der Waals surface area contributed by atoms with Crippen LogP contribution in [0.2, 0.25) is 0 Å². The van der Waals surface area contributed by atoms with Gasteiger partial charge in [-0.15, -0.1) is 6.42 Å². The van der Waals surface area contributed by atoms with E-state index in [0.29, 0.717) is 13.1 Å². The Bertz CT molecular complexity index is 445. The van der Waals surface area contributed by atoms with Crippen LogP contribution in [0.1, 0.15) is 5.56 Å². The highest BCUT2D eigenvalue weighted by Crippen LogP contribution is 2.13. The molecule has 4 nitrogen and oxygen atoms in total. The van der Waals surface area contributed by atoms with Crippen LogP contribution >= 0.6 is 0 Å². The van der Waals surface area contributed by atoms with E-state index in [2.05, 4.69) is 11.2 Å². The van der Waals surface area contributed by atoms with Crippen molar-refractivity contribution in [1.29, 1.82) is 0 Å². The smallest absolute Gasteiger partial charge is 0.236 e. The summed E-state index contributed by atoms with van der Waals surface area (Å²) in [6, 6.07) is 8.16. The van der Waals surface area contributed by atoms with Crippen LogP contribution in [-0.4, -0.2) is 45.0 Å². The van der Waals surface area contributed by atoms with Gasteiger partial charge in [0.1, 0.15) is 0 Å². The minimum atomic E-state index is 0.0342. The summed E-state index contributed by atoms with van der Waals surface area (Å²) in [5, 5.41) is 2.89. The summed E-state index contributed by atoms with van der Waals surface area (Å²) in [6.07, 6.45) is 5.11. The molecule has 0 radical (unpaired) electrons. The van der Waals surface area contributed by atoms with Gasteiger partial charge in [-0.25, -0.2) is 0 Å². The molecule has 0 aliphatic carbocycles. The van der Waals surface area contributed by atoms with Crippen molar-refractivity contribution < 1.29 is 4.79 Å². The van der Waals surface area contributed by atoms with E-state index in [4.69, 9.17) is 6.42 Å². The summed E-state index contributed by atoms with van der Waals surface area (Å²) < 4.78 is 0. The van der Waals surface area contributed by atoms with E-state index in [0.717, 1.165) is 11.3 Å². The molecule has 0 aromatic heterocycles. The third-order valence-electron chi connectivity index (χ3n) is 2.80. The van der Waals surface area contributed by atoms with Gasteiger partial charge >= 0.3 is 0 Å². The molecule has 1 amide bonds.